The molecule has 0 aliphatic heterocycles. The third-order valence-corrected chi connectivity index (χ3v) is 6.14. The Balaban J connectivity index is 1.58. The SMILES string of the molecule is Cc1cc(CNCCCO[P+](=O)O)ccc1SCCCCCc1ccccc1. The van der Waals surface area contributed by atoms with Crippen LogP contribution in [0.5, 0.6) is 0 Å². The van der Waals surface area contributed by atoms with Crippen LogP contribution >= 0.6 is 20.0 Å². The van der Waals surface area contributed by atoms with Gasteiger partial charge in [0.25, 0.3) is 0 Å². The van der Waals surface area contributed by atoms with Gasteiger partial charge in [0.1, 0.15) is 6.61 Å². The van der Waals surface area contributed by atoms with Gasteiger partial charge in [-0.25, -0.2) is 0 Å². The van der Waals surface area contributed by atoms with E-state index >= 15 is 0 Å². The van der Waals surface area contributed by atoms with Crippen molar-refractivity contribution < 1.29 is 14.0 Å². The highest BCUT2D eigenvalue weighted by molar-refractivity contribution is 7.99. The van der Waals surface area contributed by atoms with Gasteiger partial charge in [0.15, 0.2) is 0 Å². The summed E-state index contributed by atoms with van der Waals surface area (Å²) in [5.41, 5.74) is 4.03. The van der Waals surface area contributed by atoms with E-state index in [9.17, 15) is 4.57 Å². The molecule has 2 N–H and O–H groups in total. The van der Waals surface area contributed by atoms with Crippen molar-refractivity contribution in [2.75, 3.05) is 18.9 Å². The van der Waals surface area contributed by atoms with Crippen molar-refractivity contribution in [1.82, 2.24) is 5.32 Å². The number of aryl methyl sites for hydroxylation is 2. The van der Waals surface area contributed by atoms with Crippen molar-refractivity contribution in [3.8, 4) is 0 Å². The average molecular weight is 421 g/mol. The minimum absolute atomic E-state index is 0.304. The first-order valence-corrected chi connectivity index (χ1v) is 12.0. The molecule has 1 atom stereocenters. The van der Waals surface area contributed by atoms with Crippen molar-refractivity contribution in [2.45, 2.75) is 50.5 Å². The van der Waals surface area contributed by atoms with E-state index in [0.29, 0.717) is 6.61 Å². The van der Waals surface area contributed by atoms with Crippen LogP contribution in [0.2, 0.25) is 0 Å². The average Bonchev–Trinajstić information content (AvgIpc) is 2.69. The molecule has 0 heterocycles. The van der Waals surface area contributed by atoms with Crippen LogP contribution in [0.3, 0.4) is 0 Å². The summed E-state index contributed by atoms with van der Waals surface area (Å²) in [5, 5.41) is 3.34. The van der Waals surface area contributed by atoms with E-state index in [2.05, 4.69) is 65.3 Å². The van der Waals surface area contributed by atoms with E-state index < -0.39 is 8.25 Å². The Hall–Kier alpha value is -1.23. The molecule has 0 fully saturated rings. The molecule has 28 heavy (non-hydrogen) atoms. The van der Waals surface area contributed by atoms with Crippen LogP contribution in [-0.2, 0) is 22.1 Å². The number of unbranched alkanes of at least 4 members (excludes halogenated alkanes) is 2. The third kappa shape index (κ3) is 9.81. The Morgan fingerprint density at radius 1 is 1.04 bits per heavy atom. The van der Waals surface area contributed by atoms with Crippen LogP contribution in [0.15, 0.2) is 53.4 Å². The topological polar surface area (TPSA) is 58.6 Å². The van der Waals surface area contributed by atoms with E-state index in [4.69, 9.17) is 4.89 Å². The Morgan fingerprint density at radius 2 is 1.86 bits per heavy atom. The van der Waals surface area contributed by atoms with E-state index in [-0.39, 0.29) is 0 Å². The lowest BCUT2D eigenvalue weighted by atomic mass is 10.1. The highest BCUT2D eigenvalue weighted by Crippen LogP contribution is 2.24. The second-order valence-electron chi connectivity index (χ2n) is 6.85. The maximum absolute atomic E-state index is 10.4. The lowest BCUT2D eigenvalue weighted by Crippen LogP contribution is -2.16. The Labute approximate surface area is 174 Å². The highest BCUT2D eigenvalue weighted by atomic mass is 32.2. The fourth-order valence-electron chi connectivity index (χ4n) is 2.99. The van der Waals surface area contributed by atoms with Crippen LogP contribution in [0.4, 0.5) is 0 Å². The van der Waals surface area contributed by atoms with Crippen molar-refractivity contribution in [3.63, 3.8) is 0 Å². The monoisotopic (exact) mass is 420 g/mol. The summed E-state index contributed by atoms with van der Waals surface area (Å²) in [6.45, 7) is 4.05. The number of rotatable bonds is 14. The molecule has 1 unspecified atom stereocenters. The first-order chi connectivity index (χ1) is 13.6. The molecular formula is C22H31NO3PS+. The van der Waals surface area contributed by atoms with Gasteiger partial charge >= 0.3 is 8.25 Å². The largest absolute Gasteiger partial charge is 0.694 e. The smallest absolute Gasteiger partial charge is 0.313 e. The standard InChI is InChI=1S/C22H30NO3PS/c1-19-17-21(18-23-14-8-15-26-27(24)25)12-13-22(19)28-16-7-3-6-11-20-9-4-2-5-10-20/h2,4-5,9-10,12-13,17,23H,3,6-8,11,14-16,18H2,1H3/p+1. The molecule has 4 nitrogen and oxygen atoms in total. The molecule has 2 aromatic rings. The van der Waals surface area contributed by atoms with Crippen LogP contribution in [0, 0.1) is 6.92 Å². The lowest BCUT2D eigenvalue weighted by Gasteiger charge is -2.09. The lowest BCUT2D eigenvalue weighted by molar-refractivity contribution is 0.276. The summed E-state index contributed by atoms with van der Waals surface area (Å²) in [6.07, 6.45) is 5.68. The summed E-state index contributed by atoms with van der Waals surface area (Å²) < 4.78 is 15.0. The van der Waals surface area contributed by atoms with Crippen molar-refractivity contribution >= 4 is 20.0 Å². The number of benzene rings is 2. The molecule has 0 saturated carbocycles. The van der Waals surface area contributed by atoms with Gasteiger partial charge in [-0.05, 0) is 67.7 Å². The second kappa shape index (κ2) is 13.9. The van der Waals surface area contributed by atoms with Gasteiger partial charge in [0.2, 0.25) is 0 Å². The normalized spacial score (nSPS) is 11.6. The summed E-state index contributed by atoms with van der Waals surface area (Å²) in [6, 6.07) is 17.4. The fraction of sp³-hybridized carbons (Fsp3) is 0.455. The Morgan fingerprint density at radius 3 is 2.61 bits per heavy atom. The van der Waals surface area contributed by atoms with E-state index in [1.807, 2.05) is 11.8 Å². The zero-order valence-corrected chi connectivity index (χ0v) is 18.3. The molecule has 0 saturated heterocycles. The summed E-state index contributed by atoms with van der Waals surface area (Å²) in [5.74, 6) is 1.17. The van der Waals surface area contributed by atoms with Gasteiger partial charge in [-0.1, -0.05) is 48.9 Å². The second-order valence-corrected chi connectivity index (χ2v) is 8.72. The van der Waals surface area contributed by atoms with Crippen molar-refractivity contribution in [2.24, 2.45) is 0 Å². The quantitative estimate of drug-likeness (QED) is 0.235. The van der Waals surface area contributed by atoms with Crippen LogP contribution in [0.25, 0.3) is 0 Å². The van der Waals surface area contributed by atoms with E-state index in [1.54, 1.807) is 0 Å². The molecule has 0 bridgehead atoms. The molecule has 0 amide bonds. The molecule has 0 aliphatic rings. The number of hydrogen-bond donors (Lipinski definition) is 2. The van der Waals surface area contributed by atoms with Gasteiger partial charge in [-0.15, -0.1) is 21.2 Å². The molecule has 2 aromatic carbocycles. The maximum Gasteiger partial charge on any atom is 0.694 e. The van der Waals surface area contributed by atoms with Crippen LogP contribution in [-0.4, -0.2) is 23.8 Å². The van der Waals surface area contributed by atoms with E-state index in [0.717, 1.165) is 19.5 Å². The Bertz CT molecular complexity index is 712. The zero-order valence-electron chi connectivity index (χ0n) is 16.6. The number of nitrogens with one attached hydrogen (secondary N) is 1. The predicted molar refractivity (Wildman–Crippen MR) is 118 cm³/mol. The summed E-state index contributed by atoms with van der Waals surface area (Å²) in [4.78, 5) is 9.93. The minimum Gasteiger partial charge on any atom is -0.313 e. The predicted octanol–water partition coefficient (Wildman–Crippen LogP) is 5.65. The molecular weight excluding hydrogens is 389 g/mol. The van der Waals surface area contributed by atoms with Gasteiger partial charge in [0.05, 0.1) is 0 Å². The fourth-order valence-corrected chi connectivity index (χ4v) is 4.30. The first-order valence-electron chi connectivity index (χ1n) is 9.91. The van der Waals surface area contributed by atoms with Crippen molar-refractivity contribution in [3.05, 3.63) is 65.2 Å². The third-order valence-electron chi connectivity index (χ3n) is 4.48. The van der Waals surface area contributed by atoms with Gasteiger partial charge in [-0.2, -0.15) is 0 Å². The van der Waals surface area contributed by atoms with Gasteiger partial charge in [0, 0.05) is 16.0 Å². The molecule has 0 aromatic heterocycles. The Kier molecular flexibility index (Phi) is 11.4. The van der Waals surface area contributed by atoms with Gasteiger partial charge in [-0.3, -0.25) is 0 Å². The number of thioether (sulfide) groups is 1. The van der Waals surface area contributed by atoms with Crippen molar-refractivity contribution in [1.29, 1.82) is 0 Å². The number of hydrogen-bond acceptors (Lipinski definition) is 4. The first kappa shape index (κ1) is 23.1. The zero-order chi connectivity index (χ0) is 20.0. The minimum atomic E-state index is -2.47. The van der Waals surface area contributed by atoms with E-state index in [1.165, 1.54) is 53.0 Å². The maximum atomic E-state index is 10.4. The molecule has 0 aliphatic carbocycles. The molecule has 0 radical (unpaired) electrons. The summed E-state index contributed by atoms with van der Waals surface area (Å²) >= 11 is 1.95. The van der Waals surface area contributed by atoms with Crippen LogP contribution in [0.1, 0.15) is 42.4 Å². The van der Waals surface area contributed by atoms with Crippen LogP contribution < -0.4 is 5.32 Å². The summed E-state index contributed by atoms with van der Waals surface area (Å²) in [7, 11) is -2.47. The van der Waals surface area contributed by atoms with Gasteiger partial charge < -0.3 is 5.32 Å². The molecule has 2 rings (SSSR count). The molecule has 6 heteroatoms. The molecule has 0 spiro atoms. The highest BCUT2D eigenvalue weighted by Gasteiger charge is 2.10. The molecule has 152 valence electrons.